The summed E-state index contributed by atoms with van der Waals surface area (Å²) < 4.78 is 26.7. The van der Waals surface area contributed by atoms with E-state index >= 15 is 0 Å². The third-order valence-electron chi connectivity index (χ3n) is 3.21. The lowest BCUT2D eigenvalue weighted by atomic mass is 9.78. The number of halogens is 3. The molecule has 104 valence electrons. The summed E-state index contributed by atoms with van der Waals surface area (Å²) in [5.41, 5.74) is -0.249. The SMILES string of the molecule is CC(Cc1cccnc1)(C(=O)Cl)c1cc(F)cc(F)c1. The van der Waals surface area contributed by atoms with Crippen LogP contribution < -0.4 is 0 Å². The highest BCUT2D eigenvalue weighted by atomic mass is 35.5. The monoisotopic (exact) mass is 295 g/mol. The van der Waals surface area contributed by atoms with Crippen LogP contribution in [0.5, 0.6) is 0 Å². The molecule has 0 saturated heterocycles. The number of benzene rings is 1. The predicted octanol–water partition coefficient (Wildman–Crippen LogP) is 3.63. The zero-order chi connectivity index (χ0) is 14.8. The summed E-state index contributed by atoms with van der Waals surface area (Å²) in [4.78, 5) is 15.7. The summed E-state index contributed by atoms with van der Waals surface area (Å²) >= 11 is 5.67. The molecule has 5 heteroatoms. The molecule has 0 bridgehead atoms. The van der Waals surface area contributed by atoms with E-state index in [9.17, 15) is 13.6 Å². The van der Waals surface area contributed by atoms with Gasteiger partial charge in [0.25, 0.3) is 0 Å². The lowest BCUT2D eigenvalue weighted by molar-refractivity contribution is -0.116. The minimum absolute atomic E-state index is 0.207. The van der Waals surface area contributed by atoms with Gasteiger partial charge in [0.15, 0.2) is 0 Å². The van der Waals surface area contributed by atoms with E-state index in [0.717, 1.165) is 23.8 Å². The second kappa shape index (κ2) is 5.67. The molecule has 0 aliphatic rings. The predicted molar refractivity (Wildman–Crippen MR) is 72.5 cm³/mol. The number of nitrogens with zero attached hydrogens (tertiary/aromatic N) is 1. The highest BCUT2D eigenvalue weighted by Gasteiger charge is 2.35. The van der Waals surface area contributed by atoms with Crippen molar-refractivity contribution in [2.45, 2.75) is 18.8 Å². The Hall–Kier alpha value is -1.81. The minimum Gasteiger partial charge on any atom is -0.280 e. The number of carbonyl (C=O) groups is 1. The Labute approximate surface area is 120 Å². The third kappa shape index (κ3) is 3.02. The number of pyridine rings is 1. The first kappa shape index (κ1) is 14.6. The first-order chi connectivity index (χ1) is 9.41. The molecule has 1 aromatic heterocycles. The van der Waals surface area contributed by atoms with Crippen LogP contribution >= 0.6 is 11.6 Å². The average Bonchev–Trinajstić information content (AvgIpc) is 2.38. The van der Waals surface area contributed by atoms with Gasteiger partial charge in [-0.1, -0.05) is 6.07 Å². The number of aromatic nitrogens is 1. The van der Waals surface area contributed by atoms with Gasteiger partial charge in [0.2, 0.25) is 5.24 Å². The normalized spacial score (nSPS) is 13.8. The zero-order valence-corrected chi connectivity index (χ0v) is 11.5. The van der Waals surface area contributed by atoms with Crippen LogP contribution in [0.3, 0.4) is 0 Å². The molecule has 0 aliphatic carbocycles. The van der Waals surface area contributed by atoms with Crippen molar-refractivity contribution in [3.63, 3.8) is 0 Å². The molecule has 0 saturated carbocycles. The van der Waals surface area contributed by atoms with Crippen molar-refractivity contribution in [3.05, 3.63) is 65.5 Å². The van der Waals surface area contributed by atoms with Gasteiger partial charge in [0.1, 0.15) is 11.6 Å². The summed E-state index contributed by atoms with van der Waals surface area (Å²) in [6.07, 6.45) is 3.41. The number of hydrogen-bond acceptors (Lipinski definition) is 2. The minimum atomic E-state index is -1.21. The van der Waals surface area contributed by atoms with Gasteiger partial charge >= 0.3 is 0 Å². The Morgan fingerprint density at radius 3 is 2.45 bits per heavy atom. The van der Waals surface area contributed by atoms with Crippen LogP contribution in [0.2, 0.25) is 0 Å². The quantitative estimate of drug-likeness (QED) is 0.806. The molecule has 0 spiro atoms. The maximum absolute atomic E-state index is 13.4. The van der Waals surface area contributed by atoms with E-state index in [4.69, 9.17) is 11.6 Å². The van der Waals surface area contributed by atoms with Gasteiger partial charge in [-0.15, -0.1) is 0 Å². The molecular weight excluding hydrogens is 284 g/mol. The average molecular weight is 296 g/mol. The van der Waals surface area contributed by atoms with E-state index in [1.165, 1.54) is 0 Å². The highest BCUT2D eigenvalue weighted by molar-refractivity contribution is 6.65. The maximum Gasteiger partial charge on any atom is 0.232 e. The lowest BCUT2D eigenvalue weighted by Gasteiger charge is -2.26. The number of carbonyl (C=O) groups excluding carboxylic acids is 1. The molecule has 0 amide bonds. The summed E-state index contributed by atoms with van der Waals surface area (Å²) in [6, 6.07) is 6.51. The standard InChI is InChI=1S/C15H12ClF2NO/c1-15(14(16)20,8-10-3-2-4-19-9-10)11-5-12(17)7-13(18)6-11/h2-7,9H,8H2,1H3. The molecule has 1 unspecified atom stereocenters. The van der Waals surface area contributed by atoms with E-state index in [0.29, 0.717) is 0 Å². The highest BCUT2D eigenvalue weighted by Crippen LogP contribution is 2.31. The summed E-state index contributed by atoms with van der Waals surface area (Å²) in [5, 5.41) is -0.675. The first-order valence-corrected chi connectivity index (χ1v) is 6.35. The molecule has 2 rings (SSSR count). The fraction of sp³-hybridized carbons (Fsp3) is 0.200. The Bertz CT molecular complexity index is 613. The van der Waals surface area contributed by atoms with Gasteiger partial charge in [0.05, 0.1) is 5.41 Å². The van der Waals surface area contributed by atoms with Crippen molar-refractivity contribution in [1.29, 1.82) is 0 Å². The van der Waals surface area contributed by atoms with E-state index in [-0.39, 0.29) is 12.0 Å². The van der Waals surface area contributed by atoms with Crippen molar-refractivity contribution >= 4 is 16.8 Å². The van der Waals surface area contributed by atoms with Gasteiger partial charge in [-0.2, -0.15) is 0 Å². The molecule has 20 heavy (non-hydrogen) atoms. The molecule has 0 N–H and O–H groups in total. The Morgan fingerprint density at radius 1 is 1.30 bits per heavy atom. The topological polar surface area (TPSA) is 30.0 Å². The molecule has 2 nitrogen and oxygen atoms in total. The zero-order valence-electron chi connectivity index (χ0n) is 10.7. The van der Waals surface area contributed by atoms with Crippen molar-refractivity contribution in [2.75, 3.05) is 0 Å². The van der Waals surface area contributed by atoms with Crippen molar-refractivity contribution in [2.24, 2.45) is 0 Å². The van der Waals surface area contributed by atoms with Crippen LogP contribution in [0.25, 0.3) is 0 Å². The van der Waals surface area contributed by atoms with E-state index in [2.05, 4.69) is 4.98 Å². The lowest BCUT2D eigenvalue weighted by Crippen LogP contribution is -2.32. The molecule has 2 aromatic rings. The van der Waals surface area contributed by atoms with Crippen LogP contribution in [0, 0.1) is 11.6 Å². The Balaban J connectivity index is 2.46. The molecule has 0 aliphatic heterocycles. The van der Waals surface area contributed by atoms with E-state index in [1.807, 2.05) is 0 Å². The number of hydrogen-bond donors (Lipinski definition) is 0. The fourth-order valence-corrected chi connectivity index (χ4v) is 2.24. The van der Waals surface area contributed by atoms with Crippen molar-refractivity contribution < 1.29 is 13.6 Å². The summed E-state index contributed by atoms with van der Waals surface area (Å²) in [5.74, 6) is -1.48. The second-order valence-electron chi connectivity index (χ2n) is 4.80. The van der Waals surface area contributed by atoms with Gasteiger partial charge in [0, 0.05) is 18.5 Å². The van der Waals surface area contributed by atoms with Gasteiger partial charge in [-0.25, -0.2) is 8.78 Å². The molecule has 0 radical (unpaired) electrons. The smallest absolute Gasteiger partial charge is 0.232 e. The Kier molecular flexibility index (Phi) is 4.14. The Morgan fingerprint density at radius 2 is 1.95 bits per heavy atom. The molecule has 1 heterocycles. The molecule has 1 atom stereocenters. The molecule has 0 fully saturated rings. The summed E-state index contributed by atoms with van der Waals surface area (Å²) in [7, 11) is 0. The van der Waals surface area contributed by atoms with Gasteiger partial charge in [-0.05, 0) is 54.3 Å². The van der Waals surface area contributed by atoms with Crippen molar-refractivity contribution in [3.8, 4) is 0 Å². The molecular formula is C15H12ClF2NO. The third-order valence-corrected chi connectivity index (χ3v) is 3.63. The number of rotatable bonds is 4. The van der Waals surface area contributed by atoms with Crippen LogP contribution in [0.4, 0.5) is 8.78 Å². The van der Waals surface area contributed by atoms with Crippen LogP contribution in [0.1, 0.15) is 18.1 Å². The van der Waals surface area contributed by atoms with Crippen LogP contribution in [-0.2, 0) is 16.6 Å². The van der Waals surface area contributed by atoms with Gasteiger partial charge < -0.3 is 0 Å². The van der Waals surface area contributed by atoms with E-state index < -0.39 is 22.3 Å². The second-order valence-corrected chi connectivity index (χ2v) is 5.15. The maximum atomic E-state index is 13.4. The summed E-state index contributed by atoms with van der Waals surface area (Å²) in [6.45, 7) is 1.56. The fourth-order valence-electron chi connectivity index (χ4n) is 2.07. The van der Waals surface area contributed by atoms with Gasteiger partial charge in [-0.3, -0.25) is 9.78 Å². The largest absolute Gasteiger partial charge is 0.280 e. The van der Waals surface area contributed by atoms with E-state index in [1.54, 1.807) is 31.5 Å². The molecule has 1 aromatic carbocycles. The first-order valence-electron chi connectivity index (χ1n) is 5.97. The van der Waals surface area contributed by atoms with Crippen molar-refractivity contribution in [1.82, 2.24) is 4.98 Å². The van der Waals surface area contributed by atoms with Crippen LogP contribution in [0.15, 0.2) is 42.7 Å². The van der Waals surface area contributed by atoms with Crippen LogP contribution in [-0.4, -0.2) is 10.2 Å².